The summed E-state index contributed by atoms with van der Waals surface area (Å²) in [6.45, 7) is 6.43. The maximum absolute atomic E-state index is 13.3. The molecule has 6 heteroatoms. The zero-order valence-electron chi connectivity index (χ0n) is 18.3. The van der Waals surface area contributed by atoms with Gasteiger partial charge in [0.15, 0.2) is 0 Å². The number of hydrogen-bond acceptors (Lipinski definition) is 6. The maximum atomic E-state index is 13.3. The highest BCUT2D eigenvalue weighted by molar-refractivity contribution is 5.99. The molecule has 2 aliphatic heterocycles. The molecule has 0 aromatic rings. The summed E-state index contributed by atoms with van der Waals surface area (Å²) in [4.78, 5) is 38.5. The van der Waals surface area contributed by atoms with Gasteiger partial charge >= 0.3 is 17.9 Å². The van der Waals surface area contributed by atoms with Crippen molar-refractivity contribution in [2.24, 2.45) is 47.3 Å². The second kappa shape index (κ2) is 11.1. The van der Waals surface area contributed by atoms with Gasteiger partial charge in [-0.1, -0.05) is 43.6 Å². The highest BCUT2D eigenvalue weighted by Gasteiger charge is 2.59. The van der Waals surface area contributed by atoms with Crippen molar-refractivity contribution < 1.29 is 28.6 Å². The summed E-state index contributed by atoms with van der Waals surface area (Å²) in [6.07, 6.45) is 7.42. The third-order valence-electron chi connectivity index (χ3n) is 9.15. The van der Waals surface area contributed by atoms with Gasteiger partial charge in [0.05, 0.1) is 23.9 Å². The Kier molecular flexibility index (Phi) is 9.98. The average molecular weight is 483 g/mol. The summed E-state index contributed by atoms with van der Waals surface area (Å²) in [7, 11) is 0. The summed E-state index contributed by atoms with van der Waals surface area (Å²) in [5.41, 5.74) is -0.449. The fourth-order valence-electron chi connectivity index (χ4n) is 7.54. The van der Waals surface area contributed by atoms with E-state index in [-0.39, 0.29) is 47.7 Å². The highest BCUT2D eigenvalue weighted by Crippen LogP contribution is 2.59. The SMILES string of the molecule is C.C.C.C.CC1CCCOC1C1C(=O)OC(=O)C1C(C)C(=O)OC1(C)C2CC3CC(C2)CC1C3. The predicted molar refractivity (Wildman–Crippen MR) is 134 cm³/mol. The van der Waals surface area contributed by atoms with Crippen LogP contribution in [0.3, 0.4) is 0 Å². The van der Waals surface area contributed by atoms with Gasteiger partial charge in [-0.25, -0.2) is 0 Å². The van der Waals surface area contributed by atoms with Crippen LogP contribution in [0.5, 0.6) is 0 Å². The van der Waals surface area contributed by atoms with Gasteiger partial charge in [0.2, 0.25) is 0 Å². The van der Waals surface area contributed by atoms with E-state index in [1.807, 2.05) is 6.92 Å². The summed E-state index contributed by atoms with van der Waals surface area (Å²) in [5, 5.41) is 0. The van der Waals surface area contributed by atoms with Crippen LogP contribution in [0.1, 0.15) is 95.4 Å². The van der Waals surface area contributed by atoms with Crippen molar-refractivity contribution in [3.05, 3.63) is 0 Å². The Morgan fingerprint density at radius 2 is 1.53 bits per heavy atom. The predicted octanol–water partition coefficient (Wildman–Crippen LogP) is 6.06. The Labute approximate surface area is 207 Å². The van der Waals surface area contributed by atoms with Gasteiger partial charge in [-0.05, 0) is 81.5 Å². The minimum atomic E-state index is -0.823. The Balaban J connectivity index is 0.00000144. The van der Waals surface area contributed by atoms with Crippen LogP contribution in [0, 0.1) is 47.3 Å². The number of carbonyl (C=O) groups excluding carboxylic acids is 3. The number of carbonyl (C=O) groups is 3. The molecule has 0 N–H and O–H groups in total. The molecular formula is C28H50O6. The van der Waals surface area contributed by atoms with Crippen LogP contribution in [0.4, 0.5) is 0 Å². The van der Waals surface area contributed by atoms with E-state index >= 15 is 0 Å². The molecule has 6 rings (SSSR count). The first-order valence-corrected chi connectivity index (χ1v) is 11.9. The normalized spacial score (nSPS) is 42.8. The van der Waals surface area contributed by atoms with Crippen molar-refractivity contribution >= 4 is 17.9 Å². The number of ether oxygens (including phenoxy) is 3. The van der Waals surface area contributed by atoms with Crippen LogP contribution in [0.15, 0.2) is 0 Å². The molecule has 0 spiro atoms. The van der Waals surface area contributed by atoms with Gasteiger partial charge in [0.25, 0.3) is 0 Å². The molecule has 0 amide bonds. The molecule has 4 saturated carbocycles. The molecule has 6 nitrogen and oxygen atoms in total. The molecule has 0 radical (unpaired) electrons. The molecule has 2 saturated heterocycles. The lowest BCUT2D eigenvalue weighted by atomic mass is 9.50. The minimum Gasteiger partial charge on any atom is -0.459 e. The van der Waals surface area contributed by atoms with E-state index in [9.17, 15) is 14.4 Å². The van der Waals surface area contributed by atoms with Gasteiger partial charge < -0.3 is 14.2 Å². The van der Waals surface area contributed by atoms with Gasteiger partial charge in [0.1, 0.15) is 5.60 Å². The van der Waals surface area contributed by atoms with Crippen LogP contribution < -0.4 is 0 Å². The van der Waals surface area contributed by atoms with Gasteiger partial charge in [-0.3, -0.25) is 14.4 Å². The lowest BCUT2D eigenvalue weighted by Gasteiger charge is -2.59. The Morgan fingerprint density at radius 3 is 2.06 bits per heavy atom. The largest absolute Gasteiger partial charge is 0.459 e. The minimum absolute atomic E-state index is 0. The zero-order chi connectivity index (χ0) is 21.2. The standard InChI is InChI=1S/C24H34O6.4CH4/c1-12-5-4-6-28-20(12)19-18(22(26)29-23(19)27)13(2)21(25)30-24(3)16-8-14-7-15(10-16)11-17(24)9-14;;;;/h12-20H,4-11H2,1-3H3;4*1H4. The van der Waals surface area contributed by atoms with E-state index in [4.69, 9.17) is 14.2 Å². The molecule has 2 heterocycles. The van der Waals surface area contributed by atoms with Gasteiger partial charge in [-0.2, -0.15) is 0 Å². The van der Waals surface area contributed by atoms with E-state index < -0.39 is 35.3 Å². The second-order valence-corrected chi connectivity index (χ2v) is 10.9. The lowest BCUT2D eigenvalue weighted by molar-refractivity contribution is -0.209. The van der Waals surface area contributed by atoms with Crippen molar-refractivity contribution in [2.75, 3.05) is 6.61 Å². The molecule has 5 atom stereocenters. The molecule has 6 aliphatic rings. The van der Waals surface area contributed by atoms with Crippen molar-refractivity contribution in [1.82, 2.24) is 0 Å². The fraction of sp³-hybridized carbons (Fsp3) is 0.893. The quantitative estimate of drug-likeness (QED) is 0.358. The lowest BCUT2D eigenvalue weighted by Crippen LogP contribution is -2.58. The van der Waals surface area contributed by atoms with Crippen molar-refractivity contribution in [2.45, 2.75) is 107 Å². The summed E-state index contributed by atoms with van der Waals surface area (Å²) in [6, 6.07) is 0. The third kappa shape index (κ3) is 4.81. The first kappa shape index (κ1) is 30.6. The van der Waals surface area contributed by atoms with Crippen LogP contribution in [0.2, 0.25) is 0 Å². The molecular weight excluding hydrogens is 432 g/mol. The topological polar surface area (TPSA) is 78.9 Å². The van der Waals surface area contributed by atoms with E-state index in [1.54, 1.807) is 6.92 Å². The molecule has 0 aromatic carbocycles. The van der Waals surface area contributed by atoms with E-state index in [0.717, 1.165) is 50.4 Å². The fourth-order valence-corrected chi connectivity index (χ4v) is 7.54. The molecule has 5 unspecified atom stereocenters. The van der Waals surface area contributed by atoms with E-state index in [2.05, 4.69) is 6.92 Å². The van der Waals surface area contributed by atoms with E-state index in [1.165, 1.54) is 6.42 Å². The zero-order valence-corrected chi connectivity index (χ0v) is 18.3. The number of cyclic esters (lactones) is 2. The van der Waals surface area contributed by atoms with Crippen LogP contribution >= 0.6 is 0 Å². The highest BCUT2D eigenvalue weighted by atomic mass is 16.6. The summed E-state index contributed by atoms with van der Waals surface area (Å²) < 4.78 is 17.1. The molecule has 4 bridgehead atoms. The Hall–Kier alpha value is -1.43. The first-order valence-electron chi connectivity index (χ1n) is 11.9. The van der Waals surface area contributed by atoms with E-state index in [0.29, 0.717) is 18.4 Å². The van der Waals surface area contributed by atoms with Crippen molar-refractivity contribution in [3.63, 3.8) is 0 Å². The van der Waals surface area contributed by atoms with Gasteiger partial charge in [0, 0.05) is 6.61 Å². The van der Waals surface area contributed by atoms with Gasteiger partial charge in [-0.15, -0.1) is 0 Å². The second-order valence-electron chi connectivity index (χ2n) is 10.9. The number of esters is 3. The molecule has 198 valence electrons. The van der Waals surface area contributed by atoms with Crippen molar-refractivity contribution in [1.29, 1.82) is 0 Å². The number of rotatable bonds is 4. The summed E-state index contributed by atoms with van der Waals surface area (Å²) >= 11 is 0. The maximum Gasteiger partial charge on any atom is 0.320 e. The third-order valence-corrected chi connectivity index (χ3v) is 9.15. The van der Waals surface area contributed by atoms with Crippen molar-refractivity contribution in [3.8, 4) is 0 Å². The number of hydrogen-bond donors (Lipinski definition) is 0. The smallest absolute Gasteiger partial charge is 0.320 e. The first-order chi connectivity index (χ1) is 14.3. The average Bonchev–Trinajstić information content (AvgIpc) is 2.99. The molecule has 34 heavy (non-hydrogen) atoms. The Morgan fingerprint density at radius 1 is 0.971 bits per heavy atom. The molecule has 0 aromatic heterocycles. The molecule has 4 aliphatic carbocycles. The van der Waals surface area contributed by atoms with Crippen LogP contribution in [-0.4, -0.2) is 36.2 Å². The van der Waals surface area contributed by atoms with Crippen LogP contribution in [0.25, 0.3) is 0 Å². The molecule has 6 fully saturated rings. The Bertz CT molecular complexity index is 717. The monoisotopic (exact) mass is 482 g/mol. The summed E-state index contributed by atoms with van der Waals surface area (Å²) in [5.74, 6) is -1.24. The van der Waals surface area contributed by atoms with Crippen LogP contribution in [-0.2, 0) is 28.6 Å².